The van der Waals surface area contributed by atoms with Crippen LogP contribution in [0.5, 0.6) is 0 Å². The molecule has 1 aromatic carbocycles. The van der Waals surface area contributed by atoms with Crippen molar-refractivity contribution in [3.05, 3.63) is 53.1 Å². The smallest absolute Gasteiger partial charge is 0.335 e. The SMILES string of the molecule is NC(=O)c1coc(-c2csc(-c3cccc(C(=O)O)c3)n2)c1. The molecule has 22 heavy (non-hydrogen) atoms. The Balaban J connectivity index is 1.94. The van der Waals surface area contributed by atoms with Gasteiger partial charge in [-0.2, -0.15) is 0 Å². The van der Waals surface area contributed by atoms with Crippen molar-refractivity contribution in [2.24, 2.45) is 5.73 Å². The van der Waals surface area contributed by atoms with E-state index in [1.165, 1.54) is 29.7 Å². The second-order valence-electron chi connectivity index (χ2n) is 4.49. The van der Waals surface area contributed by atoms with Crippen LogP contribution in [-0.2, 0) is 0 Å². The quantitative estimate of drug-likeness (QED) is 0.770. The third-order valence-corrected chi connectivity index (χ3v) is 3.89. The highest BCUT2D eigenvalue weighted by atomic mass is 32.1. The maximum Gasteiger partial charge on any atom is 0.335 e. The lowest BCUT2D eigenvalue weighted by Gasteiger charge is -1.98. The van der Waals surface area contributed by atoms with E-state index in [9.17, 15) is 9.59 Å². The van der Waals surface area contributed by atoms with Crippen LogP contribution in [0.1, 0.15) is 20.7 Å². The number of hydrogen-bond acceptors (Lipinski definition) is 5. The number of carbonyl (C=O) groups is 2. The van der Waals surface area contributed by atoms with Crippen molar-refractivity contribution in [2.75, 3.05) is 0 Å². The number of furan rings is 1. The van der Waals surface area contributed by atoms with Crippen molar-refractivity contribution in [3.63, 3.8) is 0 Å². The van der Waals surface area contributed by atoms with Crippen molar-refractivity contribution >= 4 is 23.2 Å². The van der Waals surface area contributed by atoms with Gasteiger partial charge < -0.3 is 15.3 Å². The molecule has 0 bridgehead atoms. The van der Waals surface area contributed by atoms with E-state index in [4.69, 9.17) is 15.3 Å². The normalized spacial score (nSPS) is 10.5. The molecule has 2 heterocycles. The third-order valence-electron chi connectivity index (χ3n) is 3.00. The summed E-state index contributed by atoms with van der Waals surface area (Å²) in [7, 11) is 0. The van der Waals surface area contributed by atoms with E-state index < -0.39 is 11.9 Å². The standard InChI is InChI=1S/C15H10N2O4S/c16-13(18)10-5-12(21-6-10)11-7-22-14(17-11)8-2-1-3-9(4-8)15(19)20/h1-7H,(H2,16,18)(H,19,20). The van der Waals surface area contributed by atoms with E-state index >= 15 is 0 Å². The fourth-order valence-electron chi connectivity index (χ4n) is 1.90. The summed E-state index contributed by atoms with van der Waals surface area (Å²) in [6, 6.07) is 8.05. The van der Waals surface area contributed by atoms with Gasteiger partial charge in [0.15, 0.2) is 5.76 Å². The molecule has 0 spiro atoms. The average molecular weight is 314 g/mol. The van der Waals surface area contributed by atoms with E-state index in [1.54, 1.807) is 23.6 Å². The minimum atomic E-state index is -0.990. The number of carboxylic acids is 1. The van der Waals surface area contributed by atoms with Gasteiger partial charge in [0, 0.05) is 10.9 Å². The fourth-order valence-corrected chi connectivity index (χ4v) is 2.71. The van der Waals surface area contributed by atoms with Gasteiger partial charge in [-0.05, 0) is 18.2 Å². The highest BCUT2D eigenvalue weighted by Crippen LogP contribution is 2.30. The zero-order valence-corrected chi connectivity index (χ0v) is 12.0. The summed E-state index contributed by atoms with van der Waals surface area (Å²) >= 11 is 1.36. The largest absolute Gasteiger partial charge is 0.478 e. The van der Waals surface area contributed by atoms with E-state index in [2.05, 4.69) is 4.98 Å². The van der Waals surface area contributed by atoms with Crippen LogP contribution in [0.3, 0.4) is 0 Å². The predicted molar refractivity (Wildman–Crippen MR) is 80.7 cm³/mol. The molecule has 1 amide bonds. The molecule has 0 saturated carbocycles. The van der Waals surface area contributed by atoms with Gasteiger partial charge in [-0.3, -0.25) is 4.79 Å². The van der Waals surface area contributed by atoms with Gasteiger partial charge >= 0.3 is 5.97 Å². The molecule has 0 aliphatic carbocycles. The molecule has 0 aliphatic heterocycles. The lowest BCUT2D eigenvalue weighted by Crippen LogP contribution is -2.09. The van der Waals surface area contributed by atoms with Gasteiger partial charge in [0.2, 0.25) is 0 Å². The molecule has 0 unspecified atom stereocenters. The number of aromatic nitrogens is 1. The maximum absolute atomic E-state index is 11.1. The van der Waals surface area contributed by atoms with E-state index in [0.717, 1.165) is 0 Å². The summed E-state index contributed by atoms with van der Waals surface area (Å²) in [6.07, 6.45) is 1.28. The number of benzene rings is 1. The molecular formula is C15H10N2O4S. The van der Waals surface area contributed by atoms with Crippen LogP contribution in [0.4, 0.5) is 0 Å². The van der Waals surface area contributed by atoms with Crippen LogP contribution in [-0.4, -0.2) is 22.0 Å². The fraction of sp³-hybridized carbons (Fsp3) is 0. The number of rotatable bonds is 4. The lowest BCUT2D eigenvalue weighted by molar-refractivity contribution is 0.0696. The van der Waals surface area contributed by atoms with Crippen molar-refractivity contribution in [1.29, 1.82) is 0 Å². The Morgan fingerprint density at radius 1 is 1.23 bits per heavy atom. The van der Waals surface area contributed by atoms with E-state index in [-0.39, 0.29) is 11.1 Å². The number of primary amides is 1. The highest BCUT2D eigenvalue weighted by Gasteiger charge is 2.13. The van der Waals surface area contributed by atoms with Crippen LogP contribution >= 0.6 is 11.3 Å². The Hall–Kier alpha value is -2.93. The van der Waals surface area contributed by atoms with Gasteiger partial charge in [0.25, 0.3) is 5.91 Å². The first-order valence-corrected chi connectivity index (χ1v) is 7.10. The Bertz CT molecular complexity index is 866. The van der Waals surface area contributed by atoms with E-state index in [1.807, 2.05) is 0 Å². The van der Waals surface area contributed by atoms with E-state index in [0.29, 0.717) is 22.0 Å². The molecule has 0 aliphatic rings. The van der Waals surface area contributed by atoms with Gasteiger partial charge in [0.05, 0.1) is 11.1 Å². The van der Waals surface area contributed by atoms with Crippen LogP contribution in [0.2, 0.25) is 0 Å². The van der Waals surface area contributed by atoms with Crippen LogP contribution in [0.25, 0.3) is 22.0 Å². The first-order chi connectivity index (χ1) is 10.5. The summed E-state index contributed by atoms with van der Waals surface area (Å²) in [6.45, 7) is 0. The Labute approximate surface area is 128 Å². The number of amides is 1. The second-order valence-corrected chi connectivity index (χ2v) is 5.35. The zero-order valence-electron chi connectivity index (χ0n) is 11.1. The summed E-state index contributed by atoms with van der Waals surface area (Å²) in [4.78, 5) is 26.5. The molecule has 6 nitrogen and oxygen atoms in total. The van der Waals surface area contributed by atoms with Crippen LogP contribution in [0.15, 0.2) is 46.4 Å². The van der Waals surface area contributed by atoms with Crippen LogP contribution in [0, 0.1) is 0 Å². The molecule has 7 heteroatoms. The number of hydrogen-bond donors (Lipinski definition) is 2. The van der Waals surface area contributed by atoms with Gasteiger partial charge in [-0.15, -0.1) is 11.3 Å². The number of aromatic carboxylic acids is 1. The molecule has 0 saturated heterocycles. The molecule has 2 aromatic heterocycles. The number of nitrogens with zero attached hydrogens (tertiary/aromatic N) is 1. The molecule has 3 rings (SSSR count). The van der Waals surface area contributed by atoms with Crippen molar-refractivity contribution < 1.29 is 19.1 Å². The number of thiazole rings is 1. The van der Waals surface area contributed by atoms with Gasteiger partial charge in [-0.1, -0.05) is 12.1 Å². The summed E-state index contributed by atoms with van der Waals surface area (Å²) < 4.78 is 5.27. The first kappa shape index (κ1) is 14.0. The molecule has 0 radical (unpaired) electrons. The van der Waals surface area contributed by atoms with Gasteiger partial charge in [0.1, 0.15) is 17.0 Å². The highest BCUT2D eigenvalue weighted by molar-refractivity contribution is 7.13. The van der Waals surface area contributed by atoms with Crippen molar-refractivity contribution in [1.82, 2.24) is 4.98 Å². The molecular weight excluding hydrogens is 304 g/mol. The average Bonchev–Trinajstić information content (AvgIpc) is 3.16. The van der Waals surface area contributed by atoms with Crippen molar-refractivity contribution in [3.8, 4) is 22.0 Å². The van der Waals surface area contributed by atoms with Gasteiger partial charge in [-0.25, -0.2) is 9.78 Å². The second kappa shape index (κ2) is 5.45. The third kappa shape index (κ3) is 2.61. The topological polar surface area (TPSA) is 106 Å². The maximum atomic E-state index is 11.1. The minimum absolute atomic E-state index is 0.197. The molecule has 0 fully saturated rings. The number of nitrogens with two attached hydrogens (primary N) is 1. The summed E-state index contributed by atoms with van der Waals surface area (Å²) in [5.74, 6) is -1.12. The Kier molecular flexibility index (Phi) is 3.48. The summed E-state index contributed by atoms with van der Waals surface area (Å²) in [5, 5.41) is 11.5. The lowest BCUT2D eigenvalue weighted by atomic mass is 10.1. The minimum Gasteiger partial charge on any atom is -0.478 e. The Morgan fingerprint density at radius 3 is 2.73 bits per heavy atom. The van der Waals surface area contributed by atoms with Crippen LogP contribution < -0.4 is 5.73 Å². The number of carbonyl (C=O) groups excluding carboxylic acids is 1. The first-order valence-electron chi connectivity index (χ1n) is 6.22. The molecule has 3 N–H and O–H groups in total. The number of carboxylic acid groups (broad SMARTS) is 1. The summed E-state index contributed by atoms with van der Waals surface area (Å²) in [5.41, 5.74) is 6.92. The molecule has 0 atom stereocenters. The predicted octanol–water partition coefficient (Wildman–Crippen LogP) is 2.87. The Morgan fingerprint density at radius 2 is 2.05 bits per heavy atom. The molecule has 110 valence electrons. The monoisotopic (exact) mass is 314 g/mol. The van der Waals surface area contributed by atoms with Crippen molar-refractivity contribution in [2.45, 2.75) is 0 Å². The molecule has 3 aromatic rings. The zero-order chi connectivity index (χ0) is 15.7.